The van der Waals surface area contributed by atoms with Crippen molar-refractivity contribution in [2.75, 3.05) is 23.7 Å². The number of hydrogen-bond donors (Lipinski definition) is 3. The molecule has 1 rings (SSSR count). The molecule has 0 aliphatic carbocycles. The van der Waals surface area contributed by atoms with E-state index in [-0.39, 0.29) is 24.7 Å². The van der Waals surface area contributed by atoms with Gasteiger partial charge >= 0.3 is 0 Å². The second-order valence-electron chi connectivity index (χ2n) is 3.05. The van der Waals surface area contributed by atoms with Crippen LogP contribution in [0.2, 0.25) is 0 Å². The number of hydrogen-bond acceptors (Lipinski definition) is 6. The number of nitrogen functional groups attached to an aromatic ring is 1. The number of nitrogens with two attached hydrogens (primary N) is 3. The Kier molecular flexibility index (Phi) is 3.59. The molecule has 16 heavy (non-hydrogen) atoms. The zero-order chi connectivity index (χ0) is 12.1. The van der Waals surface area contributed by atoms with Crippen molar-refractivity contribution < 1.29 is 9.59 Å². The SMILES string of the molecule is NC(=O)CN(CC(N)=O)c1nccnc1N. The predicted octanol–water partition coefficient (Wildman–Crippen LogP) is -2.16. The maximum atomic E-state index is 10.8. The summed E-state index contributed by atoms with van der Waals surface area (Å²) in [5.74, 6) is -0.928. The number of amides is 2. The number of rotatable bonds is 5. The number of nitrogens with zero attached hydrogens (tertiary/aromatic N) is 3. The summed E-state index contributed by atoms with van der Waals surface area (Å²) in [6, 6.07) is 0. The Hall–Kier alpha value is -2.38. The molecule has 6 N–H and O–H groups in total. The predicted molar refractivity (Wildman–Crippen MR) is 57.0 cm³/mol. The molecule has 0 aliphatic rings. The van der Waals surface area contributed by atoms with Gasteiger partial charge in [0.1, 0.15) is 0 Å². The van der Waals surface area contributed by atoms with Crippen molar-refractivity contribution in [3.63, 3.8) is 0 Å². The standard InChI is InChI=1S/C8H12N6O2/c9-5(15)3-14(4-6(10)16)8-7(11)12-1-2-13-8/h1-2H,3-4H2,(H2,9,15)(H2,10,16)(H2,11,12). The van der Waals surface area contributed by atoms with Crippen LogP contribution in [-0.4, -0.2) is 34.9 Å². The van der Waals surface area contributed by atoms with Crippen LogP contribution in [0.3, 0.4) is 0 Å². The summed E-state index contributed by atoms with van der Waals surface area (Å²) < 4.78 is 0. The minimum Gasteiger partial charge on any atom is -0.381 e. The number of aromatic nitrogens is 2. The van der Waals surface area contributed by atoms with Crippen LogP contribution in [0.5, 0.6) is 0 Å². The number of anilines is 2. The molecule has 1 aromatic rings. The highest BCUT2D eigenvalue weighted by atomic mass is 16.2. The molecule has 0 atom stereocenters. The van der Waals surface area contributed by atoms with Gasteiger partial charge in [-0.1, -0.05) is 0 Å². The number of primary amides is 2. The van der Waals surface area contributed by atoms with Crippen molar-refractivity contribution in [3.8, 4) is 0 Å². The minimum atomic E-state index is -0.619. The van der Waals surface area contributed by atoms with E-state index in [1.165, 1.54) is 17.3 Å². The van der Waals surface area contributed by atoms with E-state index in [2.05, 4.69) is 9.97 Å². The van der Waals surface area contributed by atoms with Crippen LogP contribution in [-0.2, 0) is 9.59 Å². The molecule has 0 fully saturated rings. The molecule has 0 spiro atoms. The van der Waals surface area contributed by atoms with Gasteiger partial charge in [-0.25, -0.2) is 9.97 Å². The molecule has 0 saturated heterocycles. The molecule has 86 valence electrons. The van der Waals surface area contributed by atoms with Gasteiger partial charge in [0, 0.05) is 12.4 Å². The van der Waals surface area contributed by atoms with Gasteiger partial charge in [0.15, 0.2) is 11.6 Å². The topological polar surface area (TPSA) is 141 Å². The van der Waals surface area contributed by atoms with E-state index in [4.69, 9.17) is 17.2 Å². The van der Waals surface area contributed by atoms with Gasteiger partial charge in [0.05, 0.1) is 13.1 Å². The third-order valence-corrected chi connectivity index (χ3v) is 1.70. The molecule has 0 aromatic carbocycles. The van der Waals surface area contributed by atoms with E-state index in [0.29, 0.717) is 0 Å². The van der Waals surface area contributed by atoms with Gasteiger partial charge in [-0.3, -0.25) is 9.59 Å². The molecule has 1 heterocycles. The van der Waals surface area contributed by atoms with Crippen LogP contribution < -0.4 is 22.1 Å². The molecular weight excluding hydrogens is 212 g/mol. The second kappa shape index (κ2) is 4.91. The highest BCUT2D eigenvalue weighted by Crippen LogP contribution is 2.15. The average Bonchev–Trinajstić information content (AvgIpc) is 2.15. The Balaban J connectivity index is 2.96. The van der Waals surface area contributed by atoms with Crippen molar-refractivity contribution in [2.45, 2.75) is 0 Å². The van der Waals surface area contributed by atoms with Crippen molar-refractivity contribution >= 4 is 23.5 Å². The van der Waals surface area contributed by atoms with E-state index in [1.807, 2.05) is 0 Å². The fourth-order valence-electron chi connectivity index (χ4n) is 1.17. The molecule has 2 amide bonds. The summed E-state index contributed by atoms with van der Waals surface area (Å²) in [6.07, 6.45) is 2.78. The fraction of sp³-hybridized carbons (Fsp3) is 0.250. The Morgan fingerprint density at radius 2 is 1.62 bits per heavy atom. The summed E-state index contributed by atoms with van der Waals surface area (Å²) in [5.41, 5.74) is 15.6. The van der Waals surface area contributed by atoms with Gasteiger partial charge in [0.25, 0.3) is 0 Å². The number of carbonyl (C=O) groups excluding carboxylic acids is 2. The lowest BCUT2D eigenvalue weighted by Crippen LogP contribution is -2.40. The molecule has 0 aliphatic heterocycles. The Labute approximate surface area is 91.4 Å². The quantitative estimate of drug-likeness (QED) is 0.520. The van der Waals surface area contributed by atoms with Gasteiger partial charge in [-0.2, -0.15) is 0 Å². The summed E-state index contributed by atoms with van der Waals surface area (Å²) in [5, 5.41) is 0. The average molecular weight is 224 g/mol. The molecule has 0 radical (unpaired) electrons. The van der Waals surface area contributed by atoms with Crippen LogP contribution >= 0.6 is 0 Å². The first kappa shape index (κ1) is 11.7. The second-order valence-corrected chi connectivity index (χ2v) is 3.05. The van der Waals surface area contributed by atoms with Crippen molar-refractivity contribution in [2.24, 2.45) is 11.5 Å². The molecule has 8 nitrogen and oxygen atoms in total. The van der Waals surface area contributed by atoms with Gasteiger partial charge in [0.2, 0.25) is 11.8 Å². The van der Waals surface area contributed by atoms with Gasteiger partial charge in [-0.05, 0) is 0 Å². The third kappa shape index (κ3) is 3.08. The van der Waals surface area contributed by atoms with Gasteiger partial charge < -0.3 is 22.1 Å². The summed E-state index contributed by atoms with van der Waals surface area (Å²) in [7, 11) is 0. The summed E-state index contributed by atoms with van der Waals surface area (Å²) in [6.45, 7) is -0.405. The lowest BCUT2D eigenvalue weighted by Gasteiger charge is -2.20. The van der Waals surface area contributed by atoms with E-state index in [9.17, 15) is 9.59 Å². The van der Waals surface area contributed by atoms with Crippen LogP contribution in [0, 0.1) is 0 Å². The minimum absolute atomic E-state index is 0.102. The van der Waals surface area contributed by atoms with Crippen LogP contribution in [0.4, 0.5) is 11.6 Å². The lowest BCUT2D eigenvalue weighted by atomic mass is 10.4. The lowest BCUT2D eigenvalue weighted by molar-refractivity contribution is -0.117. The first-order valence-corrected chi connectivity index (χ1v) is 4.38. The van der Waals surface area contributed by atoms with E-state index < -0.39 is 11.8 Å². The molecule has 8 heteroatoms. The monoisotopic (exact) mass is 224 g/mol. The Morgan fingerprint density at radius 3 is 2.06 bits per heavy atom. The number of carbonyl (C=O) groups is 2. The zero-order valence-electron chi connectivity index (χ0n) is 8.46. The summed E-state index contributed by atoms with van der Waals surface area (Å²) in [4.78, 5) is 30.6. The van der Waals surface area contributed by atoms with Crippen LogP contribution in [0.15, 0.2) is 12.4 Å². The van der Waals surface area contributed by atoms with E-state index >= 15 is 0 Å². The Morgan fingerprint density at radius 1 is 1.12 bits per heavy atom. The first-order valence-electron chi connectivity index (χ1n) is 4.38. The third-order valence-electron chi connectivity index (χ3n) is 1.70. The van der Waals surface area contributed by atoms with Crippen molar-refractivity contribution in [1.82, 2.24) is 9.97 Å². The largest absolute Gasteiger partial charge is 0.381 e. The highest BCUT2D eigenvalue weighted by molar-refractivity contribution is 5.85. The molecule has 0 bridgehead atoms. The van der Waals surface area contributed by atoms with Crippen molar-refractivity contribution in [3.05, 3.63) is 12.4 Å². The van der Waals surface area contributed by atoms with E-state index in [1.54, 1.807) is 0 Å². The molecule has 0 unspecified atom stereocenters. The highest BCUT2D eigenvalue weighted by Gasteiger charge is 2.16. The zero-order valence-corrected chi connectivity index (χ0v) is 8.46. The van der Waals surface area contributed by atoms with Crippen molar-refractivity contribution in [1.29, 1.82) is 0 Å². The molecule has 0 saturated carbocycles. The van der Waals surface area contributed by atoms with Crippen LogP contribution in [0.1, 0.15) is 0 Å². The van der Waals surface area contributed by atoms with Crippen LogP contribution in [0.25, 0.3) is 0 Å². The molecule has 1 aromatic heterocycles. The maximum absolute atomic E-state index is 10.8. The normalized spacial score (nSPS) is 9.75. The summed E-state index contributed by atoms with van der Waals surface area (Å²) >= 11 is 0. The smallest absolute Gasteiger partial charge is 0.237 e. The van der Waals surface area contributed by atoms with Gasteiger partial charge in [-0.15, -0.1) is 0 Å². The Bertz CT molecular complexity index is 391. The fourth-order valence-corrected chi connectivity index (χ4v) is 1.17. The molecular formula is C8H12N6O2. The maximum Gasteiger partial charge on any atom is 0.237 e. The van der Waals surface area contributed by atoms with E-state index in [0.717, 1.165) is 0 Å². The first-order chi connectivity index (χ1) is 7.50.